The second-order valence-corrected chi connectivity index (χ2v) is 13.3. The number of hydrogen-bond acceptors (Lipinski definition) is 2. The Kier molecular flexibility index (Phi) is 4.18. The van der Waals surface area contributed by atoms with Gasteiger partial charge in [0.15, 0.2) is 5.76 Å². The summed E-state index contributed by atoms with van der Waals surface area (Å²) in [4.78, 5) is 0. The largest absolute Gasteiger partial charge is 0.542 e. The SMILES string of the molecule is COC1=C(O[Si](C)(C)C)c2ccccc2C1c1cccc2c1Cc1ccccc1-2. The maximum absolute atomic E-state index is 6.56. The van der Waals surface area contributed by atoms with Crippen molar-refractivity contribution in [2.45, 2.75) is 32.0 Å². The van der Waals surface area contributed by atoms with Gasteiger partial charge in [0.25, 0.3) is 0 Å². The molecule has 2 nitrogen and oxygen atoms in total. The van der Waals surface area contributed by atoms with Gasteiger partial charge in [0.2, 0.25) is 8.32 Å². The van der Waals surface area contributed by atoms with Crippen LogP contribution in [0.5, 0.6) is 0 Å². The van der Waals surface area contributed by atoms with Crippen LogP contribution in [0, 0.1) is 0 Å². The van der Waals surface area contributed by atoms with Gasteiger partial charge in [-0.05, 0) is 59.4 Å². The van der Waals surface area contributed by atoms with Crippen molar-refractivity contribution in [3.05, 3.63) is 100 Å². The zero-order valence-corrected chi connectivity index (χ0v) is 18.5. The summed E-state index contributed by atoms with van der Waals surface area (Å²) in [5.41, 5.74) is 9.31. The Morgan fingerprint density at radius 2 is 1.41 bits per heavy atom. The number of ether oxygens (including phenoxy) is 1. The highest BCUT2D eigenvalue weighted by atomic mass is 28.4. The van der Waals surface area contributed by atoms with Gasteiger partial charge in [-0.15, -0.1) is 0 Å². The number of fused-ring (bicyclic) bond motifs is 4. The molecule has 1 unspecified atom stereocenters. The van der Waals surface area contributed by atoms with E-state index in [1.165, 1.54) is 38.9 Å². The smallest absolute Gasteiger partial charge is 0.242 e. The highest BCUT2D eigenvalue weighted by molar-refractivity contribution is 6.70. The van der Waals surface area contributed by atoms with Crippen molar-refractivity contribution in [3.63, 3.8) is 0 Å². The topological polar surface area (TPSA) is 18.5 Å². The Morgan fingerprint density at radius 1 is 0.759 bits per heavy atom. The Hall–Kier alpha value is -2.78. The van der Waals surface area contributed by atoms with Crippen LogP contribution < -0.4 is 0 Å². The highest BCUT2D eigenvalue weighted by Gasteiger charge is 2.38. The van der Waals surface area contributed by atoms with Gasteiger partial charge >= 0.3 is 0 Å². The fourth-order valence-electron chi connectivity index (χ4n) is 4.74. The first-order chi connectivity index (χ1) is 14.0. The monoisotopic (exact) mass is 398 g/mol. The minimum atomic E-state index is -1.79. The van der Waals surface area contributed by atoms with E-state index in [0.29, 0.717) is 0 Å². The van der Waals surface area contributed by atoms with Crippen LogP contribution in [0.15, 0.2) is 72.5 Å². The number of rotatable bonds is 4. The predicted molar refractivity (Wildman–Crippen MR) is 121 cm³/mol. The standard InChI is InChI=1S/C26H26O2Si/c1-27-26-24(20-12-7-8-13-22(20)25(26)28-29(2,3)4)21-15-9-14-19-18-11-6-5-10-17(18)16-23(19)21/h5-15,24H,16H2,1-4H3. The first-order valence-corrected chi connectivity index (χ1v) is 13.7. The average Bonchev–Trinajstić information content (AvgIpc) is 3.22. The van der Waals surface area contributed by atoms with Crippen LogP contribution in [0.25, 0.3) is 16.9 Å². The van der Waals surface area contributed by atoms with Crippen LogP contribution >= 0.6 is 0 Å². The van der Waals surface area contributed by atoms with Crippen molar-refractivity contribution in [2.75, 3.05) is 7.11 Å². The van der Waals surface area contributed by atoms with Gasteiger partial charge in [-0.1, -0.05) is 66.7 Å². The second-order valence-electron chi connectivity index (χ2n) is 8.84. The van der Waals surface area contributed by atoms with Crippen molar-refractivity contribution in [1.29, 1.82) is 0 Å². The molecule has 3 aromatic carbocycles. The third-order valence-electron chi connectivity index (χ3n) is 5.83. The van der Waals surface area contributed by atoms with Crippen LogP contribution in [0.4, 0.5) is 0 Å². The molecular formula is C26H26O2Si. The van der Waals surface area contributed by atoms with Crippen LogP contribution in [0.2, 0.25) is 19.6 Å². The van der Waals surface area contributed by atoms with Gasteiger partial charge in [-0.25, -0.2) is 0 Å². The molecule has 0 radical (unpaired) electrons. The molecule has 0 aliphatic heterocycles. The highest BCUT2D eigenvalue weighted by Crippen LogP contribution is 2.50. The minimum Gasteiger partial charge on any atom is -0.542 e. The summed E-state index contributed by atoms with van der Waals surface area (Å²) in [7, 11) is -0.0120. The zero-order valence-electron chi connectivity index (χ0n) is 17.5. The van der Waals surface area contributed by atoms with Gasteiger partial charge in [-0.3, -0.25) is 0 Å². The Bertz CT molecular complexity index is 1140. The van der Waals surface area contributed by atoms with Crippen molar-refractivity contribution < 1.29 is 9.16 Å². The van der Waals surface area contributed by atoms with Crippen molar-refractivity contribution in [3.8, 4) is 11.1 Å². The summed E-state index contributed by atoms with van der Waals surface area (Å²) < 4.78 is 12.6. The van der Waals surface area contributed by atoms with Crippen LogP contribution in [-0.4, -0.2) is 15.4 Å². The van der Waals surface area contributed by atoms with Gasteiger partial charge in [0, 0.05) is 5.56 Å². The van der Waals surface area contributed by atoms with E-state index in [9.17, 15) is 0 Å². The van der Waals surface area contributed by atoms with Crippen molar-refractivity contribution >= 4 is 14.1 Å². The molecule has 0 amide bonds. The molecule has 0 saturated heterocycles. The lowest BCUT2D eigenvalue weighted by Gasteiger charge is -2.22. The lowest BCUT2D eigenvalue weighted by Crippen LogP contribution is -2.24. The molecule has 5 rings (SSSR count). The summed E-state index contributed by atoms with van der Waals surface area (Å²) in [5.74, 6) is 1.95. The third kappa shape index (κ3) is 2.92. The van der Waals surface area contributed by atoms with E-state index < -0.39 is 8.32 Å². The Labute approximate surface area is 173 Å². The summed E-state index contributed by atoms with van der Waals surface area (Å²) in [5, 5.41) is 0. The molecule has 0 heterocycles. The summed E-state index contributed by atoms with van der Waals surface area (Å²) >= 11 is 0. The van der Waals surface area contributed by atoms with E-state index in [4.69, 9.17) is 9.16 Å². The van der Waals surface area contributed by atoms with Gasteiger partial charge in [-0.2, -0.15) is 0 Å². The molecular weight excluding hydrogens is 372 g/mol. The fourth-order valence-corrected chi connectivity index (χ4v) is 5.57. The normalized spacial score (nSPS) is 17.0. The molecule has 1 atom stereocenters. The number of allylic oxidation sites excluding steroid dienone is 1. The van der Waals surface area contributed by atoms with E-state index in [2.05, 4.69) is 86.4 Å². The first kappa shape index (κ1) is 18.3. The second kappa shape index (κ2) is 6.63. The molecule has 3 heteroatoms. The van der Waals surface area contributed by atoms with E-state index in [0.717, 1.165) is 17.9 Å². The molecule has 146 valence electrons. The van der Waals surface area contributed by atoms with Gasteiger partial charge < -0.3 is 9.16 Å². The van der Waals surface area contributed by atoms with Crippen LogP contribution in [0.1, 0.15) is 33.7 Å². The Morgan fingerprint density at radius 3 is 2.17 bits per heavy atom. The maximum Gasteiger partial charge on any atom is 0.242 e. The van der Waals surface area contributed by atoms with E-state index >= 15 is 0 Å². The molecule has 3 aromatic rings. The van der Waals surface area contributed by atoms with E-state index in [1.54, 1.807) is 7.11 Å². The molecule has 0 bridgehead atoms. The average molecular weight is 399 g/mol. The number of hydrogen-bond donors (Lipinski definition) is 0. The molecule has 0 fully saturated rings. The summed E-state index contributed by atoms with van der Waals surface area (Å²) in [6, 6.07) is 24.0. The van der Waals surface area contributed by atoms with Crippen molar-refractivity contribution in [1.82, 2.24) is 0 Å². The lowest BCUT2D eigenvalue weighted by atomic mass is 9.87. The van der Waals surface area contributed by atoms with Gasteiger partial charge in [0.1, 0.15) is 5.76 Å². The van der Waals surface area contributed by atoms with Crippen molar-refractivity contribution in [2.24, 2.45) is 0 Å². The Balaban J connectivity index is 1.71. The number of methoxy groups -OCH3 is 1. The fraction of sp³-hybridized carbons (Fsp3) is 0.231. The molecule has 0 spiro atoms. The molecule has 2 aliphatic rings. The lowest BCUT2D eigenvalue weighted by molar-refractivity contribution is 0.267. The molecule has 29 heavy (non-hydrogen) atoms. The van der Waals surface area contributed by atoms with Crippen LogP contribution in [-0.2, 0) is 15.6 Å². The van der Waals surface area contributed by atoms with E-state index in [-0.39, 0.29) is 5.92 Å². The zero-order chi connectivity index (χ0) is 20.2. The first-order valence-electron chi connectivity index (χ1n) is 10.2. The number of benzene rings is 3. The molecule has 0 saturated carbocycles. The van der Waals surface area contributed by atoms with Gasteiger partial charge in [0.05, 0.1) is 13.0 Å². The summed E-state index contributed by atoms with van der Waals surface area (Å²) in [6.45, 7) is 6.67. The predicted octanol–water partition coefficient (Wildman–Crippen LogP) is 6.57. The molecule has 0 aromatic heterocycles. The maximum atomic E-state index is 6.56. The van der Waals surface area contributed by atoms with Crippen LogP contribution in [0.3, 0.4) is 0 Å². The summed E-state index contributed by atoms with van der Waals surface area (Å²) in [6.07, 6.45) is 0.974. The minimum absolute atomic E-state index is 0.0758. The van der Waals surface area contributed by atoms with E-state index in [1.807, 2.05) is 0 Å². The molecule has 0 N–H and O–H groups in total. The quantitative estimate of drug-likeness (QED) is 0.362. The third-order valence-corrected chi connectivity index (χ3v) is 6.65. The molecule has 2 aliphatic carbocycles.